The van der Waals surface area contributed by atoms with E-state index >= 15 is 0 Å². The number of anilines is 1. The molecule has 1 N–H and O–H groups in total. The Morgan fingerprint density at radius 3 is 2.60 bits per heavy atom. The number of nitro benzene ring substituents is 1. The van der Waals surface area contributed by atoms with Gasteiger partial charge in [-0.25, -0.2) is 0 Å². The highest BCUT2D eigenvalue weighted by atomic mass is 16.6. The summed E-state index contributed by atoms with van der Waals surface area (Å²) in [5.74, 6) is -0.117. The molecule has 2 rings (SSSR count). The van der Waals surface area contributed by atoms with Gasteiger partial charge >= 0.3 is 0 Å². The van der Waals surface area contributed by atoms with E-state index in [2.05, 4.69) is 5.32 Å². The van der Waals surface area contributed by atoms with Crippen molar-refractivity contribution >= 4 is 17.3 Å². The van der Waals surface area contributed by atoms with Crippen molar-refractivity contribution in [1.29, 1.82) is 0 Å². The zero-order valence-corrected chi connectivity index (χ0v) is 14.9. The Balaban J connectivity index is 2.04. The van der Waals surface area contributed by atoms with Gasteiger partial charge in [-0.3, -0.25) is 19.8 Å². The number of non-ortho nitro benzene ring substituents is 1. The van der Waals surface area contributed by atoms with E-state index in [4.69, 9.17) is 0 Å². The lowest BCUT2D eigenvalue weighted by molar-refractivity contribution is -0.384. The molecule has 0 aliphatic heterocycles. The number of nitrogens with one attached hydrogen (secondary N) is 1. The third-order valence-corrected chi connectivity index (χ3v) is 4.50. The number of benzene rings is 2. The van der Waals surface area contributed by atoms with Crippen molar-refractivity contribution in [2.24, 2.45) is 0 Å². The molecule has 0 saturated carbocycles. The van der Waals surface area contributed by atoms with Crippen molar-refractivity contribution in [1.82, 2.24) is 4.90 Å². The van der Waals surface area contributed by atoms with E-state index in [9.17, 15) is 14.9 Å². The molecule has 0 spiro atoms. The molecule has 0 aliphatic carbocycles. The first-order valence-corrected chi connectivity index (χ1v) is 8.10. The van der Waals surface area contributed by atoms with Crippen LogP contribution in [0.1, 0.15) is 29.7 Å². The molecule has 1 atom stereocenters. The molecule has 6 heteroatoms. The van der Waals surface area contributed by atoms with Gasteiger partial charge in [0.25, 0.3) is 5.69 Å². The van der Waals surface area contributed by atoms with Crippen LogP contribution in [0.15, 0.2) is 42.5 Å². The molecular weight excluding hydrogens is 318 g/mol. The van der Waals surface area contributed by atoms with Gasteiger partial charge in [-0.15, -0.1) is 0 Å². The van der Waals surface area contributed by atoms with E-state index in [0.29, 0.717) is 0 Å². The Morgan fingerprint density at radius 2 is 1.92 bits per heavy atom. The lowest BCUT2D eigenvalue weighted by atomic mass is 10.1. The number of rotatable bonds is 6. The average Bonchev–Trinajstić information content (AvgIpc) is 2.58. The number of hydrogen-bond acceptors (Lipinski definition) is 4. The van der Waals surface area contributed by atoms with Crippen LogP contribution in [0.5, 0.6) is 0 Å². The molecular formula is C19H23N3O3. The molecule has 25 heavy (non-hydrogen) atoms. The zero-order chi connectivity index (χ0) is 18.6. The number of aryl methyl sites for hydroxylation is 1. The van der Waals surface area contributed by atoms with Crippen LogP contribution in [0.4, 0.5) is 11.4 Å². The van der Waals surface area contributed by atoms with Crippen LogP contribution in [0.25, 0.3) is 0 Å². The smallest absolute Gasteiger partial charge is 0.269 e. The lowest BCUT2D eigenvalue weighted by Crippen LogP contribution is -2.32. The average molecular weight is 341 g/mol. The first-order chi connectivity index (χ1) is 11.8. The molecule has 0 bridgehead atoms. The Kier molecular flexibility index (Phi) is 5.88. The van der Waals surface area contributed by atoms with Crippen LogP contribution in [0.3, 0.4) is 0 Å². The zero-order valence-electron chi connectivity index (χ0n) is 14.9. The number of hydrogen-bond donors (Lipinski definition) is 1. The predicted octanol–water partition coefficient (Wildman–Crippen LogP) is 3.84. The van der Waals surface area contributed by atoms with Crippen LogP contribution in [0.2, 0.25) is 0 Å². The second-order valence-electron chi connectivity index (χ2n) is 6.24. The van der Waals surface area contributed by atoms with Crippen LogP contribution in [-0.2, 0) is 4.79 Å². The van der Waals surface area contributed by atoms with Crippen LogP contribution < -0.4 is 5.32 Å². The van der Waals surface area contributed by atoms with Crippen molar-refractivity contribution in [3.05, 3.63) is 69.3 Å². The second kappa shape index (κ2) is 7.90. The third-order valence-electron chi connectivity index (χ3n) is 4.50. The summed E-state index contributed by atoms with van der Waals surface area (Å²) in [6.45, 7) is 6.09. The Labute approximate surface area is 147 Å². The number of carbonyl (C=O) groups is 1. The summed E-state index contributed by atoms with van der Waals surface area (Å²) in [5, 5.41) is 13.8. The summed E-state index contributed by atoms with van der Waals surface area (Å²) < 4.78 is 0. The number of carbonyl (C=O) groups excluding carboxylic acids is 1. The van der Waals surface area contributed by atoms with E-state index in [1.54, 1.807) is 12.1 Å². The summed E-state index contributed by atoms with van der Waals surface area (Å²) in [7, 11) is 1.83. The summed E-state index contributed by atoms with van der Waals surface area (Å²) in [6.07, 6.45) is 0. The monoisotopic (exact) mass is 341 g/mol. The molecule has 2 aromatic rings. The molecule has 1 amide bonds. The predicted molar refractivity (Wildman–Crippen MR) is 98.7 cm³/mol. The van der Waals surface area contributed by atoms with Crippen molar-refractivity contribution < 1.29 is 9.72 Å². The second-order valence-corrected chi connectivity index (χ2v) is 6.24. The van der Waals surface area contributed by atoms with E-state index in [1.807, 2.05) is 57.0 Å². The van der Waals surface area contributed by atoms with E-state index in [-0.39, 0.29) is 24.2 Å². The molecule has 6 nitrogen and oxygen atoms in total. The molecule has 0 unspecified atom stereocenters. The highest BCUT2D eigenvalue weighted by Gasteiger charge is 2.17. The normalized spacial score (nSPS) is 12.0. The van der Waals surface area contributed by atoms with Gasteiger partial charge in [-0.05, 0) is 50.6 Å². The van der Waals surface area contributed by atoms with Crippen molar-refractivity contribution in [2.45, 2.75) is 26.8 Å². The van der Waals surface area contributed by atoms with Gasteiger partial charge in [-0.2, -0.15) is 0 Å². The van der Waals surface area contributed by atoms with Gasteiger partial charge in [0, 0.05) is 23.9 Å². The first-order valence-electron chi connectivity index (χ1n) is 8.10. The topological polar surface area (TPSA) is 75.5 Å². The maximum atomic E-state index is 12.3. The Morgan fingerprint density at radius 1 is 1.24 bits per heavy atom. The van der Waals surface area contributed by atoms with Gasteiger partial charge in [0.05, 0.1) is 11.5 Å². The highest BCUT2D eigenvalue weighted by molar-refractivity contribution is 5.93. The minimum atomic E-state index is -0.413. The maximum absolute atomic E-state index is 12.3. The summed E-state index contributed by atoms with van der Waals surface area (Å²) in [5.41, 5.74) is 3.83. The fourth-order valence-electron chi connectivity index (χ4n) is 2.59. The summed E-state index contributed by atoms with van der Waals surface area (Å²) in [6, 6.07) is 12.2. The summed E-state index contributed by atoms with van der Waals surface area (Å²) in [4.78, 5) is 24.7. The van der Waals surface area contributed by atoms with Gasteiger partial charge in [-0.1, -0.05) is 24.3 Å². The Hall–Kier alpha value is -2.73. The van der Waals surface area contributed by atoms with Gasteiger partial charge in [0.15, 0.2) is 0 Å². The van der Waals surface area contributed by atoms with Crippen molar-refractivity contribution in [3.63, 3.8) is 0 Å². The molecule has 0 radical (unpaired) electrons. The molecule has 132 valence electrons. The standard InChI is InChI=1S/C19H23N3O3/c1-13-7-5-10-18(14(13)2)20-19(23)12-21(4)15(3)16-8-6-9-17(11-16)22(24)25/h5-11,15H,12H2,1-4H3,(H,20,23)/t15-/m0/s1. The minimum Gasteiger partial charge on any atom is -0.325 e. The number of nitrogens with zero attached hydrogens (tertiary/aromatic N) is 2. The molecule has 0 aliphatic rings. The van der Waals surface area contributed by atoms with Crippen molar-refractivity contribution in [3.8, 4) is 0 Å². The van der Waals surface area contributed by atoms with Crippen LogP contribution in [-0.4, -0.2) is 29.3 Å². The minimum absolute atomic E-state index is 0.0533. The van der Waals surface area contributed by atoms with Crippen molar-refractivity contribution in [2.75, 3.05) is 18.9 Å². The largest absolute Gasteiger partial charge is 0.325 e. The first kappa shape index (κ1) is 18.6. The van der Waals surface area contributed by atoms with Gasteiger partial charge in [0.1, 0.15) is 0 Å². The molecule has 0 fully saturated rings. The van der Waals surface area contributed by atoms with E-state index < -0.39 is 4.92 Å². The molecule has 0 heterocycles. The highest BCUT2D eigenvalue weighted by Crippen LogP contribution is 2.23. The summed E-state index contributed by atoms with van der Waals surface area (Å²) >= 11 is 0. The maximum Gasteiger partial charge on any atom is 0.269 e. The SMILES string of the molecule is Cc1cccc(NC(=O)CN(C)[C@@H](C)c2cccc([N+](=O)[O-])c2)c1C. The van der Waals surface area contributed by atoms with Crippen LogP contribution >= 0.6 is 0 Å². The van der Waals surface area contributed by atoms with E-state index in [1.165, 1.54) is 6.07 Å². The van der Waals surface area contributed by atoms with E-state index in [0.717, 1.165) is 22.4 Å². The fourth-order valence-corrected chi connectivity index (χ4v) is 2.59. The third kappa shape index (κ3) is 4.64. The molecule has 0 aromatic heterocycles. The molecule has 2 aromatic carbocycles. The van der Waals surface area contributed by atoms with Gasteiger partial charge < -0.3 is 5.32 Å². The number of likely N-dealkylation sites (N-methyl/N-ethyl adjacent to an activating group) is 1. The number of amides is 1. The lowest BCUT2D eigenvalue weighted by Gasteiger charge is -2.24. The quantitative estimate of drug-likeness (QED) is 0.640. The van der Waals surface area contributed by atoms with Gasteiger partial charge in [0.2, 0.25) is 5.91 Å². The Bertz CT molecular complexity index is 789. The van der Waals surface area contributed by atoms with Crippen LogP contribution in [0, 0.1) is 24.0 Å². The number of nitro groups is 1. The molecule has 0 saturated heterocycles. The fraction of sp³-hybridized carbons (Fsp3) is 0.316.